The monoisotopic (exact) mass is 282 g/mol. The number of carbonyl (C=O) groups excluding carboxylic acids is 1. The lowest BCUT2D eigenvalue weighted by Crippen LogP contribution is -1.94. The molecule has 0 amide bonds. The van der Waals surface area contributed by atoms with Crippen molar-refractivity contribution in [3.63, 3.8) is 0 Å². The Hall–Kier alpha value is -2.55. The highest BCUT2D eigenvalue weighted by atomic mass is 16.3. The van der Waals surface area contributed by atoms with Crippen LogP contribution < -0.4 is 0 Å². The second-order valence-electron chi connectivity index (χ2n) is 5.22. The van der Waals surface area contributed by atoms with Gasteiger partial charge in [-0.3, -0.25) is 4.79 Å². The van der Waals surface area contributed by atoms with Crippen molar-refractivity contribution in [3.8, 4) is 11.5 Å². The molecule has 0 spiro atoms. The van der Waals surface area contributed by atoms with Gasteiger partial charge >= 0.3 is 0 Å². The van der Waals surface area contributed by atoms with Gasteiger partial charge in [0.15, 0.2) is 5.78 Å². The third kappa shape index (κ3) is 3.72. The van der Waals surface area contributed by atoms with Crippen molar-refractivity contribution in [1.82, 2.24) is 0 Å². The van der Waals surface area contributed by atoms with E-state index in [2.05, 4.69) is 13.8 Å². The predicted molar refractivity (Wildman–Crippen MR) is 83.7 cm³/mol. The highest BCUT2D eigenvalue weighted by Crippen LogP contribution is 2.23. The van der Waals surface area contributed by atoms with Crippen molar-refractivity contribution in [3.05, 3.63) is 65.2 Å². The van der Waals surface area contributed by atoms with Gasteiger partial charge in [0.2, 0.25) is 0 Å². The molecule has 0 atom stereocenters. The number of ketones is 1. The first-order valence-electron chi connectivity index (χ1n) is 6.81. The van der Waals surface area contributed by atoms with Crippen molar-refractivity contribution in [2.45, 2.75) is 19.8 Å². The van der Waals surface area contributed by atoms with Gasteiger partial charge in [0.1, 0.15) is 11.5 Å². The smallest absolute Gasteiger partial charge is 0.189 e. The van der Waals surface area contributed by atoms with Gasteiger partial charge in [-0.2, -0.15) is 0 Å². The third-order valence-electron chi connectivity index (χ3n) is 3.28. The number of carbonyl (C=O) groups is 1. The first-order valence-corrected chi connectivity index (χ1v) is 6.81. The van der Waals surface area contributed by atoms with Crippen LogP contribution in [-0.4, -0.2) is 16.0 Å². The molecule has 0 aliphatic carbocycles. The Labute approximate surface area is 124 Å². The van der Waals surface area contributed by atoms with E-state index in [0.717, 1.165) is 11.6 Å². The lowest BCUT2D eigenvalue weighted by molar-refractivity contribution is 0.104. The van der Waals surface area contributed by atoms with E-state index >= 15 is 0 Å². The van der Waals surface area contributed by atoms with Crippen molar-refractivity contribution in [1.29, 1.82) is 0 Å². The highest BCUT2D eigenvalue weighted by molar-refractivity contribution is 6.08. The summed E-state index contributed by atoms with van der Waals surface area (Å²) in [5, 5.41) is 18.9. The first kappa shape index (κ1) is 14.9. The second-order valence-corrected chi connectivity index (χ2v) is 5.22. The van der Waals surface area contributed by atoms with Gasteiger partial charge in [0.05, 0.1) is 5.56 Å². The van der Waals surface area contributed by atoms with Crippen LogP contribution in [0, 0.1) is 0 Å². The fourth-order valence-corrected chi connectivity index (χ4v) is 1.98. The van der Waals surface area contributed by atoms with Gasteiger partial charge in [-0.15, -0.1) is 0 Å². The topological polar surface area (TPSA) is 57.5 Å². The Bertz CT molecular complexity index is 667. The SMILES string of the molecule is CC(C)c1ccc(/C=C/C(=O)c2ccc(O)cc2O)cc1. The largest absolute Gasteiger partial charge is 0.508 e. The molecule has 2 N–H and O–H groups in total. The van der Waals surface area contributed by atoms with Crippen LogP contribution in [0.5, 0.6) is 11.5 Å². The number of phenolic OH excluding ortho intramolecular Hbond substituents is 2. The van der Waals surface area contributed by atoms with Crippen LogP contribution in [0.4, 0.5) is 0 Å². The van der Waals surface area contributed by atoms with Crippen LogP contribution in [0.1, 0.15) is 41.3 Å². The summed E-state index contributed by atoms with van der Waals surface area (Å²) in [6.07, 6.45) is 3.12. The zero-order valence-electron chi connectivity index (χ0n) is 12.1. The number of hydrogen-bond acceptors (Lipinski definition) is 3. The molecule has 0 radical (unpaired) electrons. The first-order chi connectivity index (χ1) is 9.97. The van der Waals surface area contributed by atoms with Crippen molar-refractivity contribution in [2.24, 2.45) is 0 Å². The molecule has 0 fully saturated rings. The molecule has 0 aliphatic heterocycles. The van der Waals surface area contributed by atoms with E-state index in [1.807, 2.05) is 24.3 Å². The standard InChI is InChI=1S/C18H18O3/c1-12(2)14-6-3-13(4-7-14)5-10-17(20)16-9-8-15(19)11-18(16)21/h3-12,19,21H,1-2H3/b10-5+. The Morgan fingerprint density at radius 1 is 1.05 bits per heavy atom. The molecule has 0 saturated heterocycles. The molecule has 2 rings (SSSR count). The van der Waals surface area contributed by atoms with Crippen LogP contribution in [0.3, 0.4) is 0 Å². The molecule has 3 nitrogen and oxygen atoms in total. The highest BCUT2D eigenvalue weighted by Gasteiger charge is 2.08. The number of benzene rings is 2. The molecule has 0 saturated carbocycles. The molecule has 21 heavy (non-hydrogen) atoms. The van der Waals surface area contributed by atoms with Crippen LogP contribution in [0.2, 0.25) is 0 Å². The molecular formula is C18H18O3. The Morgan fingerprint density at radius 3 is 2.29 bits per heavy atom. The van der Waals surface area contributed by atoms with Gasteiger partial charge in [-0.25, -0.2) is 0 Å². The zero-order chi connectivity index (χ0) is 15.4. The fraction of sp³-hybridized carbons (Fsp3) is 0.167. The number of phenols is 2. The van der Waals surface area contributed by atoms with Crippen LogP contribution in [0.25, 0.3) is 6.08 Å². The summed E-state index contributed by atoms with van der Waals surface area (Å²) in [5.74, 6) is -0.129. The van der Waals surface area contributed by atoms with Gasteiger partial charge < -0.3 is 10.2 Å². The quantitative estimate of drug-likeness (QED) is 0.655. The minimum atomic E-state index is -0.305. The van der Waals surface area contributed by atoms with Crippen molar-refractivity contribution in [2.75, 3.05) is 0 Å². The fourth-order valence-electron chi connectivity index (χ4n) is 1.98. The summed E-state index contributed by atoms with van der Waals surface area (Å²) in [5.41, 5.74) is 2.34. The molecule has 0 heterocycles. The van der Waals surface area contributed by atoms with Gasteiger partial charge in [0, 0.05) is 6.07 Å². The van der Waals surface area contributed by atoms with E-state index in [4.69, 9.17) is 0 Å². The van der Waals surface area contributed by atoms with Crippen LogP contribution in [-0.2, 0) is 0 Å². The number of rotatable bonds is 4. The minimum Gasteiger partial charge on any atom is -0.508 e. The number of allylic oxidation sites excluding steroid dienone is 1. The summed E-state index contributed by atoms with van der Waals surface area (Å²) in [4.78, 5) is 12.0. The molecule has 0 bridgehead atoms. The molecule has 108 valence electrons. The second kappa shape index (κ2) is 6.27. The molecule has 2 aromatic carbocycles. The molecule has 0 unspecified atom stereocenters. The van der Waals surface area contributed by atoms with E-state index in [0.29, 0.717) is 5.92 Å². The zero-order valence-corrected chi connectivity index (χ0v) is 12.1. The maximum Gasteiger partial charge on any atom is 0.189 e. The average Bonchev–Trinajstić information content (AvgIpc) is 2.45. The van der Waals surface area contributed by atoms with Gasteiger partial charge in [0.25, 0.3) is 0 Å². The van der Waals surface area contributed by atoms with Gasteiger partial charge in [-0.05, 0) is 35.3 Å². The molecule has 0 aliphatic rings. The molecular weight excluding hydrogens is 264 g/mol. The van der Waals surface area contributed by atoms with Gasteiger partial charge in [-0.1, -0.05) is 44.2 Å². The van der Waals surface area contributed by atoms with E-state index in [9.17, 15) is 15.0 Å². The van der Waals surface area contributed by atoms with Crippen LogP contribution in [0.15, 0.2) is 48.5 Å². The summed E-state index contributed by atoms with van der Waals surface area (Å²) in [6.45, 7) is 4.25. The Balaban J connectivity index is 2.15. The summed E-state index contributed by atoms with van der Waals surface area (Å²) >= 11 is 0. The molecule has 0 aromatic heterocycles. The van der Waals surface area contributed by atoms with E-state index in [-0.39, 0.29) is 22.8 Å². The maximum absolute atomic E-state index is 12.0. The van der Waals surface area contributed by atoms with E-state index in [1.165, 1.54) is 23.8 Å². The minimum absolute atomic E-state index is 0.0719. The third-order valence-corrected chi connectivity index (χ3v) is 3.28. The summed E-state index contributed by atoms with van der Waals surface area (Å²) in [7, 11) is 0. The lowest BCUT2D eigenvalue weighted by Gasteiger charge is -2.04. The van der Waals surface area contributed by atoms with E-state index < -0.39 is 0 Å². The Morgan fingerprint density at radius 2 is 1.71 bits per heavy atom. The lowest BCUT2D eigenvalue weighted by atomic mass is 10.0. The maximum atomic E-state index is 12.0. The predicted octanol–water partition coefficient (Wildman–Crippen LogP) is 4.12. The molecule has 3 heteroatoms. The van der Waals surface area contributed by atoms with Crippen molar-refractivity contribution >= 4 is 11.9 Å². The number of aromatic hydroxyl groups is 2. The molecule has 2 aromatic rings. The average molecular weight is 282 g/mol. The van der Waals surface area contributed by atoms with Crippen LogP contribution >= 0.6 is 0 Å². The summed E-state index contributed by atoms with van der Waals surface area (Å²) in [6, 6.07) is 11.9. The van der Waals surface area contributed by atoms with E-state index in [1.54, 1.807) is 6.08 Å². The van der Waals surface area contributed by atoms with Crippen molar-refractivity contribution < 1.29 is 15.0 Å². The normalized spacial score (nSPS) is 11.2. The number of hydrogen-bond donors (Lipinski definition) is 2. The Kier molecular flexibility index (Phi) is 4.43. The summed E-state index contributed by atoms with van der Waals surface area (Å²) < 4.78 is 0.